The maximum Gasteiger partial charge on any atom is 0.244 e. The summed E-state index contributed by atoms with van der Waals surface area (Å²) in [6.45, 7) is 0.435. The highest BCUT2D eigenvalue weighted by Gasteiger charge is 2.38. The highest BCUT2D eigenvalue weighted by Crippen LogP contribution is 2.45. The summed E-state index contributed by atoms with van der Waals surface area (Å²) in [5.41, 5.74) is 0.784. The number of ether oxygens (including phenoxy) is 3. The van der Waals surface area contributed by atoms with E-state index in [0.717, 1.165) is 5.56 Å². The van der Waals surface area contributed by atoms with Crippen molar-refractivity contribution in [1.29, 1.82) is 0 Å². The summed E-state index contributed by atoms with van der Waals surface area (Å²) in [4.78, 5) is 0.243. The van der Waals surface area contributed by atoms with E-state index >= 15 is 0 Å². The van der Waals surface area contributed by atoms with Crippen LogP contribution >= 0.6 is 11.8 Å². The highest BCUT2D eigenvalue weighted by molar-refractivity contribution is 8.01. The Balaban J connectivity index is 1.99. The van der Waals surface area contributed by atoms with Gasteiger partial charge in [-0.15, -0.1) is 11.8 Å². The fraction of sp³-hybridized carbons (Fsp3) is 0.333. The molecular formula is C18H21NO5S2. The third-order valence-corrected chi connectivity index (χ3v) is 7.47. The molecule has 1 heterocycles. The molecule has 0 aromatic heterocycles. The monoisotopic (exact) mass is 395 g/mol. The summed E-state index contributed by atoms with van der Waals surface area (Å²) in [6, 6.07) is 11.9. The number of nitrogens with zero attached hydrogens (tertiary/aromatic N) is 1. The molecule has 0 spiro atoms. The smallest absolute Gasteiger partial charge is 0.244 e. The first kappa shape index (κ1) is 18.9. The molecule has 0 saturated carbocycles. The van der Waals surface area contributed by atoms with Crippen molar-refractivity contribution in [2.45, 2.75) is 10.3 Å². The Hall–Kier alpha value is -1.90. The van der Waals surface area contributed by atoms with E-state index in [2.05, 4.69) is 0 Å². The van der Waals surface area contributed by atoms with Crippen molar-refractivity contribution in [3.8, 4) is 17.2 Å². The minimum atomic E-state index is -3.64. The van der Waals surface area contributed by atoms with E-state index in [1.165, 1.54) is 4.31 Å². The molecule has 26 heavy (non-hydrogen) atoms. The molecule has 8 heteroatoms. The zero-order valence-electron chi connectivity index (χ0n) is 14.8. The van der Waals surface area contributed by atoms with Gasteiger partial charge in [-0.3, -0.25) is 0 Å². The fourth-order valence-electron chi connectivity index (χ4n) is 2.86. The van der Waals surface area contributed by atoms with E-state index < -0.39 is 10.0 Å². The van der Waals surface area contributed by atoms with Gasteiger partial charge in [0.2, 0.25) is 10.0 Å². The van der Waals surface area contributed by atoms with E-state index in [-0.39, 0.29) is 10.3 Å². The molecule has 2 aromatic rings. The Morgan fingerprint density at radius 1 is 0.962 bits per heavy atom. The first-order valence-corrected chi connectivity index (χ1v) is 10.5. The third kappa shape index (κ3) is 3.49. The summed E-state index contributed by atoms with van der Waals surface area (Å²) in [6.07, 6.45) is 0. The lowest BCUT2D eigenvalue weighted by Crippen LogP contribution is -2.30. The fourth-order valence-corrected chi connectivity index (χ4v) is 6.11. The lowest BCUT2D eigenvalue weighted by molar-refractivity contribution is 0.382. The quantitative estimate of drug-likeness (QED) is 0.749. The SMILES string of the molecule is COc1ccc(S(=O)(=O)N2CCS[C@@H]2c2cc(OC)ccc2OC)cc1. The van der Waals surface area contributed by atoms with Gasteiger partial charge in [-0.25, -0.2) is 8.42 Å². The van der Waals surface area contributed by atoms with Gasteiger partial charge >= 0.3 is 0 Å². The second-order valence-electron chi connectivity index (χ2n) is 5.62. The van der Waals surface area contributed by atoms with Crippen molar-refractivity contribution in [2.24, 2.45) is 0 Å². The van der Waals surface area contributed by atoms with Gasteiger partial charge < -0.3 is 14.2 Å². The number of methoxy groups -OCH3 is 3. The van der Waals surface area contributed by atoms with Gasteiger partial charge in [-0.1, -0.05) is 0 Å². The summed E-state index contributed by atoms with van der Waals surface area (Å²) in [5.74, 6) is 2.63. The zero-order valence-corrected chi connectivity index (χ0v) is 16.5. The number of hydrogen-bond acceptors (Lipinski definition) is 6. The highest BCUT2D eigenvalue weighted by atomic mass is 32.2. The van der Waals surface area contributed by atoms with Gasteiger partial charge in [0, 0.05) is 17.9 Å². The van der Waals surface area contributed by atoms with Crippen molar-refractivity contribution in [3.05, 3.63) is 48.0 Å². The summed E-state index contributed by atoms with van der Waals surface area (Å²) in [5, 5.41) is -0.368. The van der Waals surface area contributed by atoms with Crippen LogP contribution in [0.25, 0.3) is 0 Å². The van der Waals surface area contributed by atoms with Gasteiger partial charge in [0.05, 0.1) is 31.6 Å². The molecule has 0 N–H and O–H groups in total. The van der Waals surface area contributed by atoms with Crippen LogP contribution in [0.2, 0.25) is 0 Å². The summed E-state index contributed by atoms with van der Waals surface area (Å²) >= 11 is 1.57. The van der Waals surface area contributed by atoms with Crippen LogP contribution in [-0.2, 0) is 10.0 Å². The van der Waals surface area contributed by atoms with Crippen molar-refractivity contribution in [2.75, 3.05) is 33.6 Å². The Labute approximate surface area is 158 Å². The normalized spacial score (nSPS) is 17.9. The Morgan fingerprint density at radius 3 is 2.23 bits per heavy atom. The molecule has 1 atom stereocenters. The standard InChI is InChI=1S/C18H21NO5S2/c1-22-13-4-7-15(8-5-13)26(20,21)19-10-11-25-18(19)16-12-14(23-2)6-9-17(16)24-3/h4-9,12,18H,10-11H2,1-3H3/t18-/m1/s1. The van der Waals surface area contributed by atoms with Crippen LogP contribution in [0.3, 0.4) is 0 Å². The number of benzene rings is 2. The largest absolute Gasteiger partial charge is 0.497 e. The maximum atomic E-state index is 13.2. The van der Waals surface area contributed by atoms with Gasteiger partial charge in [0.1, 0.15) is 17.2 Å². The topological polar surface area (TPSA) is 65.1 Å². The molecule has 140 valence electrons. The number of rotatable bonds is 6. The summed E-state index contributed by atoms with van der Waals surface area (Å²) < 4.78 is 43.7. The Morgan fingerprint density at radius 2 is 1.62 bits per heavy atom. The molecule has 0 amide bonds. The van der Waals surface area contributed by atoms with Crippen molar-refractivity contribution < 1.29 is 22.6 Å². The van der Waals surface area contributed by atoms with Gasteiger partial charge in [0.15, 0.2) is 0 Å². The van der Waals surface area contributed by atoms with Crippen LogP contribution in [0.15, 0.2) is 47.4 Å². The van der Waals surface area contributed by atoms with Crippen molar-refractivity contribution in [1.82, 2.24) is 4.31 Å². The van der Waals surface area contributed by atoms with E-state index in [0.29, 0.717) is 29.5 Å². The van der Waals surface area contributed by atoms with E-state index in [1.807, 2.05) is 6.07 Å². The van der Waals surface area contributed by atoms with Gasteiger partial charge in [-0.2, -0.15) is 4.31 Å². The molecule has 2 aromatic carbocycles. The average Bonchev–Trinajstić information content (AvgIpc) is 3.18. The van der Waals surface area contributed by atoms with Crippen LogP contribution in [0.1, 0.15) is 10.9 Å². The number of sulfonamides is 1. The molecule has 6 nitrogen and oxygen atoms in total. The van der Waals surface area contributed by atoms with E-state index in [4.69, 9.17) is 14.2 Å². The predicted molar refractivity (Wildman–Crippen MR) is 102 cm³/mol. The zero-order chi connectivity index (χ0) is 18.7. The van der Waals surface area contributed by atoms with Crippen molar-refractivity contribution in [3.63, 3.8) is 0 Å². The predicted octanol–water partition coefficient (Wildman–Crippen LogP) is 3.15. The molecule has 1 fully saturated rings. The average molecular weight is 396 g/mol. The van der Waals surface area contributed by atoms with E-state index in [9.17, 15) is 8.42 Å². The Bertz CT molecular complexity index is 868. The molecule has 1 saturated heterocycles. The molecular weight excluding hydrogens is 374 g/mol. The molecule has 0 aliphatic carbocycles. The molecule has 0 bridgehead atoms. The molecule has 0 radical (unpaired) electrons. The number of thioether (sulfide) groups is 1. The first-order valence-electron chi connectivity index (χ1n) is 8.00. The van der Waals surface area contributed by atoms with Gasteiger partial charge in [0.25, 0.3) is 0 Å². The van der Waals surface area contributed by atoms with Crippen LogP contribution in [0.4, 0.5) is 0 Å². The number of hydrogen-bond donors (Lipinski definition) is 0. The minimum Gasteiger partial charge on any atom is -0.497 e. The Kier molecular flexibility index (Phi) is 5.64. The molecule has 3 rings (SSSR count). The second kappa shape index (κ2) is 7.77. The lowest BCUT2D eigenvalue weighted by Gasteiger charge is -2.25. The second-order valence-corrected chi connectivity index (χ2v) is 8.70. The lowest BCUT2D eigenvalue weighted by atomic mass is 10.2. The van der Waals surface area contributed by atoms with Crippen LogP contribution in [0.5, 0.6) is 17.2 Å². The third-order valence-electron chi connectivity index (χ3n) is 4.22. The maximum absolute atomic E-state index is 13.2. The first-order chi connectivity index (χ1) is 12.5. The van der Waals surface area contributed by atoms with Crippen LogP contribution in [0, 0.1) is 0 Å². The van der Waals surface area contributed by atoms with E-state index in [1.54, 1.807) is 69.5 Å². The minimum absolute atomic E-state index is 0.243. The summed E-state index contributed by atoms with van der Waals surface area (Å²) in [7, 11) is 1.06. The van der Waals surface area contributed by atoms with Crippen LogP contribution < -0.4 is 14.2 Å². The molecule has 1 aliphatic rings. The van der Waals surface area contributed by atoms with Crippen molar-refractivity contribution >= 4 is 21.8 Å². The molecule has 0 unspecified atom stereocenters. The van der Waals surface area contributed by atoms with Gasteiger partial charge in [-0.05, 0) is 42.5 Å². The van der Waals surface area contributed by atoms with Crippen LogP contribution in [-0.4, -0.2) is 46.4 Å². The molecule has 1 aliphatic heterocycles.